The molecule has 5 rings (SSSR count). The second kappa shape index (κ2) is 13.2. The van der Waals surface area contributed by atoms with Crippen LogP contribution in [-0.4, -0.2) is 116 Å². The summed E-state index contributed by atoms with van der Waals surface area (Å²) in [6.45, 7) is 13.3. The lowest BCUT2D eigenvalue weighted by molar-refractivity contribution is 0.0699. The molecule has 0 aromatic carbocycles. The Morgan fingerprint density at radius 1 is 0.844 bits per heavy atom. The molecule has 4 fully saturated rings. The Bertz CT molecular complexity index is 647. The highest BCUT2D eigenvalue weighted by atomic mass is 32.1. The molecule has 0 saturated carbocycles. The highest BCUT2D eigenvalue weighted by Crippen LogP contribution is 2.41. The minimum Gasteiger partial charge on any atom is -0.476 e. The Balaban J connectivity index is 0.970. The molecule has 0 N–H and O–H groups in total. The first-order chi connectivity index (χ1) is 15.8. The molecule has 1 atom stereocenters. The lowest BCUT2D eigenvalue weighted by Crippen LogP contribution is -2.46. The fraction of sp³-hybridized carbons (Fsp3) is 0.913. The van der Waals surface area contributed by atoms with Gasteiger partial charge in [0.15, 0.2) is 0 Å². The highest BCUT2D eigenvalue weighted by molar-refractivity contribution is 6.99. The van der Waals surface area contributed by atoms with Crippen molar-refractivity contribution in [3.63, 3.8) is 0 Å². The normalized spacial score (nSPS) is 26.6. The van der Waals surface area contributed by atoms with E-state index in [0.717, 1.165) is 76.3 Å². The van der Waals surface area contributed by atoms with Crippen molar-refractivity contribution < 1.29 is 14.2 Å². The minimum absolute atomic E-state index is 0.504. The van der Waals surface area contributed by atoms with E-state index in [4.69, 9.17) is 14.2 Å². The quantitative estimate of drug-likeness (QED) is 0.386. The average molecular weight is 468 g/mol. The van der Waals surface area contributed by atoms with Gasteiger partial charge in [0, 0.05) is 78.0 Å². The molecule has 5 heterocycles. The summed E-state index contributed by atoms with van der Waals surface area (Å²) in [5, 5.41) is 0. The summed E-state index contributed by atoms with van der Waals surface area (Å²) in [5.74, 6) is 2.02. The van der Waals surface area contributed by atoms with Gasteiger partial charge in [-0.15, -0.1) is 4.37 Å². The van der Waals surface area contributed by atoms with Crippen LogP contribution in [-0.2, 0) is 9.47 Å². The largest absolute Gasteiger partial charge is 0.476 e. The monoisotopic (exact) mass is 467 g/mol. The van der Waals surface area contributed by atoms with Crippen LogP contribution >= 0.6 is 11.7 Å². The first kappa shape index (κ1) is 24.3. The zero-order valence-corrected chi connectivity index (χ0v) is 20.6. The van der Waals surface area contributed by atoms with Gasteiger partial charge < -0.3 is 28.9 Å². The van der Waals surface area contributed by atoms with E-state index in [2.05, 4.69) is 30.5 Å². The third-order valence-corrected chi connectivity index (χ3v) is 7.62. The van der Waals surface area contributed by atoms with Crippen molar-refractivity contribution in [3.05, 3.63) is 5.69 Å². The third kappa shape index (κ3) is 7.33. The van der Waals surface area contributed by atoms with E-state index in [0.29, 0.717) is 12.5 Å². The Morgan fingerprint density at radius 2 is 1.53 bits per heavy atom. The SMILES string of the molecule is CN1CCN(CCCOCCCOCCCOc2nsnc2C2CN3CCC2CC3)CC1. The van der Waals surface area contributed by atoms with E-state index < -0.39 is 0 Å². The summed E-state index contributed by atoms with van der Waals surface area (Å²) in [4.78, 5) is 7.49. The molecular weight excluding hydrogens is 426 g/mol. The predicted molar refractivity (Wildman–Crippen MR) is 127 cm³/mol. The van der Waals surface area contributed by atoms with Crippen molar-refractivity contribution in [3.8, 4) is 5.88 Å². The van der Waals surface area contributed by atoms with Gasteiger partial charge in [-0.1, -0.05) is 0 Å². The molecule has 0 amide bonds. The lowest BCUT2D eigenvalue weighted by Gasteiger charge is -2.44. The van der Waals surface area contributed by atoms with E-state index in [1.54, 1.807) is 0 Å². The van der Waals surface area contributed by atoms with Crippen molar-refractivity contribution in [2.45, 2.75) is 38.0 Å². The molecule has 1 aromatic heterocycles. The number of rotatable bonds is 14. The number of likely N-dealkylation sites (N-methyl/N-ethyl adjacent to an activating group) is 1. The van der Waals surface area contributed by atoms with E-state index in [1.807, 2.05) is 0 Å². The van der Waals surface area contributed by atoms with E-state index >= 15 is 0 Å². The van der Waals surface area contributed by atoms with Gasteiger partial charge in [-0.25, -0.2) is 0 Å². The van der Waals surface area contributed by atoms with Gasteiger partial charge in [-0.05, 0) is 51.7 Å². The maximum Gasteiger partial charge on any atom is 0.249 e. The number of ether oxygens (including phenoxy) is 3. The Hall–Kier alpha value is -0.840. The predicted octanol–water partition coefficient (Wildman–Crippen LogP) is 2.18. The van der Waals surface area contributed by atoms with Crippen LogP contribution in [0.2, 0.25) is 0 Å². The van der Waals surface area contributed by atoms with Crippen LogP contribution in [0.3, 0.4) is 0 Å². The standard InChI is InChI=1S/C23H41N5O3S/c1-26-10-12-27(13-11-26)7-2-14-29-15-3-16-30-17-4-18-31-23-22(24-32-25-23)21-19-28-8-5-20(21)6-9-28/h20-21H,2-19H2,1H3. The summed E-state index contributed by atoms with van der Waals surface area (Å²) in [6.07, 6.45) is 5.53. The smallest absolute Gasteiger partial charge is 0.249 e. The van der Waals surface area contributed by atoms with Gasteiger partial charge in [0.1, 0.15) is 5.69 Å². The highest BCUT2D eigenvalue weighted by Gasteiger charge is 2.38. The fourth-order valence-electron chi connectivity index (χ4n) is 5.05. The first-order valence-electron chi connectivity index (χ1n) is 12.5. The molecule has 4 aliphatic rings. The molecule has 9 heteroatoms. The molecule has 0 aliphatic carbocycles. The van der Waals surface area contributed by atoms with Gasteiger partial charge in [-0.3, -0.25) is 0 Å². The molecule has 1 aromatic rings. The number of fused-ring (bicyclic) bond motifs is 3. The van der Waals surface area contributed by atoms with Crippen molar-refractivity contribution >= 4 is 11.7 Å². The van der Waals surface area contributed by atoms with E-state index in [1.165, 1.54) is 63.8 Å². The molecule has 0 radical (unpaired) electrons. The van der Waals surface area contributed by atoms with Crippen LogP contribution in [0.15, 0.2) is 0 Å². The molecule has 32 heavy (non-hydrogen) atoms. The molecule has 8 nitrogen and oxygen atoms in total. The van der Waals surface area contributed by atoms with Crippen LogP contribution in [0.25, 0.3) is 0 Å². The second-order valence-electron chi connectivity index (χ2n) is 9.48. The Morgan fingerprint density at radius 3 is 2.22 bits per heavy atom. The molecule has 0 spiro atoms. The lowest BCUT2D eigenvalue weighted by atomic mass is 9.77. The zero-order chi connectivity index (χ0) is 22.0. The molecule has 4 saturated heterocycles. The maximum atomic E-state index is 5.97. The number of aromatic nitrogens is 2. The van der Waals surface area contributed by atoms with Gasteiger partial charge in [0.2, 0.25) is 5.88 Å². The molecule has 2 bridgehead atoms. The van der Waals surface area contributed by atoms with Crippen molar-refractivity contribution in [1.82, 2.24) is 23.4 Å². The maximum absolute atomic E-state index is 5.97. The number of hydrogen-bond acceptors (Lipinski definition) is 9. The zero-order valence-electron chi connectivity index (χ0n) is 19.8. The van der Waals surface area contributed by atoms with Gasteiger partial charge in [0.25, 0.3) is 0 Å². The van der Waals surface area contributed by atoms with Crippen LogP contribution < -0.4 is 4.74 Å². The second-order valence-corrected chi connectivity index (χ2v) is 10.0. The Kier molecular flexibility index (Phi) is 9.98. The molecular formula is C23H41N5O3S. The average Bonchev–Trinajstić information content (AvgIpc) is 3.30. The summed E-state index contributed by atoms with van der Waals surface area (Å²) in [7, 11) is 2.20. The summed E-state index contributed by atoms with van der Waals surface area (Å²) < 4.78 is 26.5. The summed E-state index contributed by atoms with van der Waals surface area (Å²) in [6, 6.07) is 0. The summed E-state index contributed by atoms with van der Waals surface area (Å²) >= 11 is 1.28. The number of nitrogens with zero attached hydrogens (tertiary/aromatic N) is 5. The van der Waals surface area contributed by atoms with Crippen LogP contribution in [0.4, 0.5) is 0 Å². The number of piperazine rings is 1. The third-order valence-electron chi connectivity index (χ3n) is 7.10. The van der Waals surface area contributed by atoms with Crippen molar-refractivity contribution in [1.29, 1.82) is 0 Å². The van der Waals surface area contributed by atoms with Crippen LogP contribution in [0, 0.1) is 5.92 Å². The number of piperidine rings is 3. The number of hydrogen-bond donors (Lipinski definition) is 0. The van der Waals surface area contributed by atoms with Crippen LogP contribution in [0.1, 0.15) is 43.7 Å². The minimum atomic E-state index is 0.504. The van der Waals surface area contributed by atoms with Gasteiger partial charge in [0.05, 0.1) is 18.3 Å². The van der Waals surface area contributed by atoms with Crippen LogP contribution in [0.5, 0.6) is 5.88 Å². The summed E-state index contributed by atoms with van der Waals surface area (Å²) in [5.41, 5.74) is 1.09. The van der Waals surface area contributed by atoms with E-state index in [9.17, 15) is 0 Å². The van der Waals surface area contributed by atoms with Gasteiger partial charge >= 0.3 is 0 Å². The molecule has 1 unspecified atom stereocenters. The fourth-order valence-corrected chi connectivity index (χ4v) is 5.61. The Labute approximate surface area is 197 Å². The van der Waals surface area contributed by atoms with E-state index in [-0.39, 0.29) is 0 Å². The van der Waals surface area contributed by atoms with Crippen molar-refractivity contribution in [2.24, 2.45) is 5.92 Å². The molecule has 4 aliphatic heterocycles. The molecule has 182 valence electrons. The van der Waals surface area contributed by atoms with Gasteiger partial charge in [-0.2, -0.15) is 4.37 Å². The topological polar surface area (TPSA) is 63.2 Å². The first-order valence-corrected chi connectivity index (χ1v) is 13.3. The van der Waals surface area contributed by atoms with Crippen molar-refractivity contribution in [2.75, 3.05) is 92.4 Å².